The molecule has 5 nitrogen and oxygen atoms in total. The highest BCUT2D eigenvalue weighted by Gasteiger charge is 2.09. The average molecular weight is 272 g/mol. The van der Waals surface area contributed by atoms with Crippen LogP contribution in [0.4, 0.5) is 11.5 Å². The lowest BCUT2D eigenvalue weighted by Gasteiger charge is -2.10. The number of carbonyl (C=O) groups excluding carboxylic acids is 1. The van der Waals surface area contributed by atoms with Crippen molar-refractivity contribution >= 4 is 17.4 Å². The molecule has 1 amide bonds. The largest absolute Gasteiger partial charge is 0.399 e. The minimum Gasteiger partial charge on any atom is -0.399 e. The minimum absolute atomic E-state index is 0.0101. The molecule has 0 bridgehead atoms. The first kappa shape index (κ1) is 14.1. The topological polar surface area (TPSA) is 72.9 Å². The molecule has 0 unspecified atom stereocenters. The molecule has 1 aromatic heterocycles. The third kappa shape index (κ3) is 3.60. The maximum Gasteiger partial charge on any atom is 0.225 e. The van der Waals surface area contributed by atoms with E-state index in [1.165, 1.54) is 0 Å². The summed E-state index contributed by atoms with van der Waals surface area (Å²) < 4.78 is 1.69. The van der Waals surface area contributed by atoms with Crippen molar-refractivity contribution in [3.8, 4) is 5.69 Å². The molecular weight excluding hydrogens is 252 g/mol. The average Bonchev–Trinajstić information content (AvgIpc) is 2.85. The van der Waals surface area contributed by atoms with E-state index in [9.17, 15) is 4.79 Å². The van der Waals surface area contributed by atoms with Crippen LogP contribution in [0.1, 0.15) is 26.7 Å². The van der Waals surface area contributed by atoms with Gasteiger partial charge in [0.25, 0.3) is 0 Å². The smallest absolute Gasteiger partial charge is 0.225 e. The predicted octanol–water partition coefficient (Wildman–Crippen LogP) is 2.83. The van der Waals surface area contributed by atoms with Gasteiger partial charge in [-0.1, -0.05) is 13.8 Å². The fourth-order valence-electron chi connectivity index (χ4n) is 1.84. The molecule has 20 heavy (non-hydrogen) atoms. The molecule has 2 aromatic rings. The summed E-state index contributed by atoms with van der Waals surface area (Å²) in [5.41, 5.74) is 7.23. The van der Waals surface area contributed by atoms with Gasteiger partial charge in [0, 0.05) is 18.2 Å². The molecule has 0 spiro atoms. The Kier molecular flexibility index (Phi) is 4.40. The summed E-state index contributed by atoms with van der Waals surface area (Å²) in [6.45, 7) is 4.21. The van der Waals surface area contributed by atoms with Crippen LogP contribution >= 0.6 is 0 Å². The van der Waals surface area contributed by atoms with Gasteiger partial charge in [0.1, 0.15) is 5.82 Å². The molecule has 1 heterocycles. The van der Waals surface area contributed by atoms with E-state index in [2.05, 4.69) is 24.3 Å². The third-order valence-electron chi connectivity index (χ3n) is 3.00. The minimum atomic E-state index is 0.0101. The van der Waals surface area contributed by atoms with Gasteiger partial charge in [0.15, 0.2) is 0 Å². The van der Waals surface area contributed by atoms with Gasteiger partial charge in [-0.05, 0) is 36.6 Å². The fourth-order valence-corrected chi connectivity index (χ4v) is 1.84. The van der Waals surface area contributed by atoms with Crippen LogP contribution < -0.4 is 11.1 Å². The standard InChI is InChI=1S/C15H20N4O/c1-11(2)3-8-15(20)18-14-9-10-17-19(14)13-6-4-12(16)5-7-13/h4-7,9-11H,3,8,16H2,1-2H3,(H,18,20). The van der Waals surface area contributed by atoms with Crippen molar-refractivity contribution in [3.63, 3.8) is 0 Å². The highest BCUT2D eigenvalue weighted by Crippen LogP contribution is 2.16. The molecule has 0 radical (unpaired) electrons. The predicted molar refractivity (Wildman–Crippen MR) is 80.7 cm³/mol. The molecule has 106 valence electrons. The summed E-state index contributed by atoms with van der Waals surface area (Å²) in [5.74, 6) is 1.20. The Labute approximate surface area is 118 Å². The molecule has 2 rings (SSSR count). The highest BCUT2D eigenvalue weighted by atomic mass is 16.1. The number of rotatable bonds is 5. The molecule has 0 atom stereocenters. The maximum absolute atomic E-state index is 11.9. The lowest BCUT2D eigenvalue weighted by molar-refractivity contribution is -0.116. The first-order valence-electron chi connectivity index (χ1n) is 6.76. The van der Waals surface area contributed by atoms with Gasteiger partial charge < -0.3 is 11.1 Å². The monoisotopic (exact) mass is 272 g/mol. The van der Waals surface area contributed by atoms with Crippen molar-refractivity contribution in [1.29, 1.82) is 0 Å². The van der Waals surface area contributed by atoms with Crippen molar-refractivity contribution in [1.82, 2.24) is 9.78 Å². The molecule has 0 saturated heterocycles. The molecule has 0 aliphatic heterocycles. The molecule has 0 aliphatic rings. The van der Waals surface area contributed by atoms with Crippen molar-refractivity contribution in [3.05, 3.63) is 36.5 Å². The van der Waals surface area contributed by atoms with Crippen molar-refractivity contribution in [2.75, 3.05) is 11.1 Å². The van der Waals surface area contributed by atoms with Gasteiger partial charge >= 0.3 is 0 Å². The Balaban J connectivity index is 2.09. The van der Waals surface area contributed by atoms with Crippen LogP contribution in [0.5, 0.6) is 0 Å². The van der Waals surface area contributed by atoms with E-state index in [4.69, 9.17) is 5.73 Å². The zero-order valence-corrected chi connectivity index (χ0v) is 11.8. The van der Waals surface area contributed by atoms with Crippen LogP contribution in [0.2, 0.25) is 0 Å². The number of carbonyl (C=O) groups is 1. The highest BCUT2D eigenvalue weighted by molar-refractivity contribution is 5.90. The number of hydrogen-bond acceptors (Lipinski definition) is 3. The second-order valence-electron chi connectivity index (χ2n) is 5.20. The first-order valence-corrected chi connectivity index (χ1v) is 6.76. The SMILES string of the molecule is CC(C)CCC(=O)Nc1ccnn1-c1ccc(N)cc1. The Hall–Kier alpha value is -2.30. The van der Waals surface area contributed by atoms with E-state index in [0.29, 0.717) is 23.8 Å². The number of amides is 1. The third-order valence-corrected chi connectivity index (χ3v) is 3.00. The van der Waals surface area contributed by atoms with Gasteiger partial charge in [0.2, 0.25) is 5.91 Å². The summed E-state index contributed by atoms with van der Waals surface area (Å²) >= 11 is 0. The van der Waals surface area contributed by atoms with Crippen molar-refractivity contribution in [2.45, 2.75) is 26.7 Å². The van der Waals surface area contributed by atoms with Crippen LogP contribution in [0.25, 0.3) is 5.69 Å². The van der Waals surface area contributed by atoms with Gasteiger partial charge in [-0.3, -0.25) is 4.79 Å². The maximum atomic E-state index is 11.9. The summed E-state index contributed by atoms with van der Waals surface area (Å²) in [7, 11) is 0. The number of nitrogens with zero attached hydrogens (tertiary/aromatic N) is 2. The van der Waals surface area contributed by atoms with Gasteiger partial charge in [-0.2, -0.15) is 5.10 Å². The van der Waals surface area contributed by atoms with Gasteiger partial charge in [0.05, 0.1) is 11.9 Å². The Bertz CT molecular complexity index is 572. The molecule has 0 aliphatic carbocycles. The van der Waals surface area contributed by atoms with E-state index in [-0.39, 0.29) is 5.91 Å². The van der Waals surface area contributed by atoms with Gasteiger partial charge in [-0.15, -0.1) is 0 Å². The van der Waals surface area contributed by atoms with Crippen LogP contribution in [-0.2, 0) is 4.79 Å². The van der Waals surface area contributed by atoms with E-state index in [0.717, 1.165) is 12.1 Å². The van der Waals surface area contributed by atoms with Crippen LogP contribution in [0, 0.1) is 5.92 Å². The fraction of sp³-hybridized carbons (Fsp3) is 0.333. The number of anilines is 2. The quantitative estimate of drug-likeness (QED) is 0.822. The lowest BCUT2D eigenvalue weighted by Crippen LogP contribution is -2.15. The van der Waals surface area contributed by atoms with Crippen LogP contribution in [0.15, 0.2) is 36.5 Å². The molecule has 1 aromatic carbocycles. The Morgan fingerprint density at radius 2 is 2.00 bits per heavy atom. The van der Waals surface area contributed by atoms with E-state index in [1.54, 1.807) is 29.1 Å². The second kappa shape index (κ2) is 6.23. The van der Waals surface area contributed by atoms with Gasteiger partial charge in [-0.25, -0.2) is 4.68 Å². The molecule has 0 fully saturated rings. The normalized spacial score (nSPS) is 10.8. The number of nitrogens with one attached hydrogen (secondary N) is 1. The number of nitrogens with two attached hydrogens (primary N) is 1. The molecule has 0 saturated carbocycles. The van der Waals surface area contributed by atoms with Crippen molar-refractivity contribution in [2.24, 2.45) is 5.92 Å². The summed E-state index contributed by atoms with van der Waals surface area (Å²) in [4.78, 5) is 11.9. The number of aromatic nitrogens is 2. The summed E-state index contributed by atoms with van der Waals surface area (Å²) in [6, 6.07) is 9.13. The first-order chi connectivity index (χ1) is 9.56. The zero-order chi connectivity index (χ0) is 14.5. The summed E-state index contributed by atoms with van der Waals surface area (Å²) in [6.07, 6.45) is 3.06. The second-order valence-corrected chi connectivity index (χ2v) is 5.20. The Morgan fingerprint density at radius 1 is 1.30 bits per heavy atom. The number of nitrogen functional groups attached to an aromatic ring is 1. The molecule has 5 heteroatoms. The number of benzene rings is 1. The Morgan fingerprint density at radius 3 is 2.65 bits per heavy atom. The van der Waals surface area contributed by atoms with Crippen molar-refractivity contribution < 1.29 is 4.79 Å². The zero-order valence-electron chi connectivity index (χ0n) is 11.8. The summed E-state index contributed by atoms with van der Waals surface area (Å²) in [5, 5.41) is 7.11. The van der Waals surface area contributed by atoms with E-state index >= 15 is 0 Å². The van der Waals surface area contributed by atoms with Crippen LogP contribution in [0.3, 0.4) is 0 Å². The van der Waals surface area contributed by atoms with Crippen LogP contribution in [-0.4, -0.2) is 15.7 Å². The van der Waals surface area contributed by atoms with E-state index < -0.39 is 0 Å². The number of hydrogen-bond donors (Lipinski definition) is 2. The van der Waals surface area contributed by atoms with E-state index in [1.807, 2.05) is 12.1 Å². The molecular formula is C15H20N4O. The molecule has 3 N–H and O–H groups in total. The lowest BCUT2D eigenvalue weighted by atomic mass is 10.1.